The highest BCUT2D eigenvalue weighted by molar-refractivity contribution is 14.0. The third-order valence-corrected chi connectivity index (χ3v) is 5.90. The normalized spacial score (nSPS) is 17.8. The molecule has 0 aliphatic carbocycles. The van der Waals surface area contributed by atoms with Crippen LogP contribution in [0.15, 0.2) is 46.1 Å². The van der Waals surface area contributed by atoms with Crippen LogP contribution in [0.5, 0.6) is 0 Å². The number of anilines is 1. The summed E-state index contributed by atoms with van der Waals surface area (Å²) in [5.74, 6) is 2.22. The number of aliphatic imine (C=N–C) groups is 1. The molecule has 2 aromatic heterocycles. The molecular formula is C22H32IN7O2. The third kappa shape index (κ3) is 5.91. The Morgan fingerprint density at radius 1 is 1.09 bits per heavy atom. The van der Waals surface area contributed by atoms with Crippen molar-refractivity contribution in [3.63, 3.8) is 0 Å². The first-order valence-electron chi connectivity index (χ1n) is 10.8. The van der Waals surface area contributed by atoms with Crippen molar-refractivity contribution in [3.05, 3.63) is 48.0 Å². The number of hydrogen-bond donors (Lipinski definition) is 1. The second-order valence-electron chi connectivity index (χ2n) is 7.97. The van der Waals surface area contributed by atoms with Crippen LogP contribution >= 0.6 is 24.0 Å². The second kappa shape index (κ2) is 11.5. The Bertz CT molecular complexity index is 889. The zero-order valence-corrected chi connectivity index (χ0v) is 21.1. The van der Waals surface area contributed by atoms with E-state index in [9.17, 15) is 4.79 Å². The number of aromatic nitrogens is 1. The lowest BCUT2D eigenvalue weighted by Gasteiger charge is -2.36. The predicted octanol–water partition coefficient (Wildman–Crippen LogP) is 1.58. The first-order chi connectivity index (χ1) is 15.1. The topological polar surface area (TPSA) is 80.5 Å². The van der Waals surface area contributed by atoms with E-state index in [1.165, 1.54) is 11.8 Å². The first kappa shape index (κ1) is 24.3. The Balaban J connectivity index is 0.00000289. The lowest BCUT2D eigenvalue weighted by Crippen LogP contribution is -2.53. The van der Waals surface area contributed by atoms with Gasteiger partial charge in [-0.1, -0.05) is 0 Å². The van der Waals surface area contributed by atoms with Crippen LogP contribution in [0.4, 0.5) is 5.82 Å². The molecule has 2 aromatic rings. The Kier molecular flexibility index (Phi) is 8.74. The molecule has 0 unspecified atom stereocenters. The zero-order chi connectivity index (χ0) is 21.6. The van der Waals surface area contributed by atoms with Crippen LogP contribution < -0.4 is 10.2 Å². The van der Waals surface area contributed by atoms with E-state index in [1.807, 2.05) is 17.2 Å². The van der Waals surface area contributed by atoms with Crippen LogP contribution in [-0.2, 0) is 6.54 Å². The molecule has 2 fully saturated rings. The SMILES string of the molecule is CN=C(NCc1ccnc(N2CCN(C)CC2)c1)N1CCN(C(=O)c2ccco2)CC1.I. The molecule has 1 N–H and O–H groups in total. The monoisotopic (exact) mass is 553 g/mol. The van der Waals surface area contributed by atoms with Crippen molar-refractivity contribution in [3.8, 4) is 0 Å². The largest absolute Gasteiger partial charge is 0.459 e. The van der Waals surface area contributed by atoms with Crippen LogP contribution in [0.1, 0.15) is 16.1 Å². The molecular weight excluding hydrogens is 521 g/mol. The fraction of sp³-hybridized carbons (Fsp3) is 0.500. The second-order valence-corrected chi connectivity index (χ2v) is 7.97. The highest BCUT2D eigenvalue weighted by Crippen LogP contribution is 2.15. The number of nitrogens with one attached hydrogen (secondary N) is 1. The molecule has 174 valence electrons. The van der Waals surface area contributed by atoms with Crippen molar-refractivity contribution in [2.75, 3.05) is 71.4 Å². The summed E-state index contributed by atoms with van der Waals surface area (Å²) in [6.07, 6.45) is 3.41. The highest BCUT2D eigenvalue weighted by atomic mass is 127. The Hall–Kier alpha value is -2.34. The number of carbonyl (C=O) groups is 1. The van der Waals surface area contributed by atoms with Gasteiger partial charge < -0.3 is 29.3 Å². The van der Waals surface area contributed by atoms with Crippen molar-refractivity contribution in [1.29, 1.82) is 0 Å². The van der Waals surface area contributed by atoms with Gasteiger partial charge in [0.2, 0.25) is 0 Å². The molecule has 4 rings (SSSR count). The third-order valence-electron chi connectivity index (χ3n) is 5.90. The van der Waals surface area contributed by atoms with Gasteiger partial charge in [-0.15, -0.1) is 24.0 Å². The van der Waals surface area contributed by atoms with E-state index in [-0.39, 0.29) is 29.9 Å². The molecule has 2 saturated heterocycles. The zero-order valence-electron chi connectivity index (χ0n) is 18.7. The van der Waals surface area contributed by atoms with Gasteiger partial charge in [0.1, 0.15) is 5.82 Å². The summed E-state index contributed by atoms with van der Waals surface area (Å²) >= 11 is 0. The lowest BCUT2D eigenvalue weighted by atomic mass is 10.2. The maximum Gasteiger partial charge on any atom is 0.289 e. The van der Waals surface area contributed by atoms with Crippen LogP contribution in [-0.4, -0.2) is 98.0 Å². The molecule has 0 spiro atoms. The van der Waals surface area contributed by atoms with Crippen molar-refractivity contribution >= 4 is 41.7 Å². The smallest absolute Gasteiger partial charge is 0.289 e. The number of hydrogen-bond acceptors (Lipinski definition) is 6. The van der Waals surface area contributed by atoms with Crippen molar-refractivity contribution in [2.24, 2.45) is 4.99 Å². The van der Waals surface area contributed by atoms with Gasteiger partial charge >= 0.3 is 0 Å². The van der Waals surface area contributed by atoms with E-state index in [2.05, 4.69) is 43.1 Å². The summed E-state index contributed by atoms with van der Waals surface area (Å²) in [5.41, 5.74) is 1.18. The number of piperazine rings is 2. The maximum absolute atomic E-state index is 12.5. The van der Waals surface area contributed by atoms with E-state index >= 15 is 0 Å². The van der Waals surface area contributed by atoms with E-state index in [1.54, 1.807) is 19.2 Å². The van der Waals surface area contributed by atoms with Crippen LogP contribution in [0.2, 0.25) is 0 Å². The van der Waals surface area contributed by atoms with Gasteiger partial charge in [-0.2, -0.15) is 0 Å². The predicted molar refractivity (Wildman–Crippen MR) is 136 cm³/mol. The Morgan fingerprint density at radius 3 is 2.47 bits per heavy atom. The number of halogens is 1. The van der Waals surface area contributed by atoms with Crippen LogP contribution in [0, 0.1) is 0 Å². The number of furan rings is 1. The number of rotatable bonds is 4. The summed E-state index contributed by atoms with van der Waals surface area (Å²) in [6, 6.07) is 7.65. The number of likely N-dealkylation sites (N-methyl/N-ethyl adjacent to an activating group) is 1. The average molecular weight is 553 g/mol. The van der Waals surface area contributed by atoms with E-state index in [4.69, 9.17) is 4.42 Å². The molecule has 32 heavy (non-hydrogen) atoms. The molecule has 9 nitrogen and oxygen atoms in total. The van der Waals surface area contributed by atoms with Crippen molar-refractivity contribution < 1.29 is 9.21 Å². The summed E-state index contributed by atoms with van der Waals surface area (Å²) < 4.78 is 5.24. The lowest BCUT2D eigenvalue weighted by molar-refractivity contribution is 0.0657. The average Bonchev–Trinajstić information content (AvgIpc) is 3.35. The number of pyridine rings is 1. The quantitative estimate of drug-likeness (QED) is 0.350. The standard InChI is InChI=1S/C22H31N7O2.HI/c1-23-22(29-13-11-28(12-14-29)21(30)19-4-3-15-31-19)25-17-18-5-6-24-20(16-18)27-9-7-26(2)8-10-27;/h3-6,15-16H,7-14,17H2,1-2H3,(H,23,25);1H. The number of carbonyl (C=O) groups excluding carboxylic acids is 1. The van der Waals surface area contributed by atoms with Crippen LogP contribution in [0.3, 0.4) is 0 Å². The van der Waals surface area contributed by atoms with E-state index in [0.717, 1.165) is 51.0 Å². The Morgan fingerprint density at radius 2 is 1.81 bits per heavy atom. The number of nitrogens with zero attached hydrogens (tertiary/aromatic N) is 6. The minimum Gasteiger partial charge on any atom is -0.459 e. The molecule has 4 heterocycles. The van der Waals surface area contributed by atoms with E-state index < -0.39 is 0 Å². The summed E-state index contributed by atoms with van der Waals surface area (Å²) in [6.45, 7) is 7.56. The summed E-state index contributed by atoms with van der Waals surface area (Å²) in [7, 11) is 3.95. The van der Waals surface area contributed by atoms with Crippen molar-refractivity contribution in [1.82, 2.24) is 25.0 Å². The van der Waals surface area contributed by atoms with Gasteiger partial charge in [0.05, 0.1) is 6.26 Å². The molecule has 0 aromatic carbocycles. The minimum atomic E-state index is -0.0548. The summed E-state index contributed by atoms with van der Waals surface area (Å²) in [4.78, 5) is 30.2. The molecule has 1 amide bonds. The molecule has 0 radical (unpaired) electrons. The maximum atomic E-state index is 12.5. The van der Waals surface area contributed by atoms with Gasteiger partial charge in [0, 0.05) is 72.1 Å². The minimum absolute atomic E-state index is 0. The molecule has 10 heteroatoms. The Labute approximate surface area is 206 Å². The first-order valence-corrected chi connectivity index (χ1v) is 10.8. The van der Waals surface area contributed by atoms with Gasteiger partial charge in [0.15, 0.2) is 11.7 Å². The fourth-order valence-electron chi connectivity index (χ4n) is 3.97. The van der Waals surface area contributed by atoms with E-state index in [0.29, 0.717) is 25.4 Å². The molecule has 2 aliphatic heterocycles. The van der Waals surface area contributed by atoms with Gasteiger partial charge in [-0.3, -0.25) is 9.79 Å². The number of amides is 1. The fourth-order valence-corrected chi connectivity index (χ4v) is 3.97. The summed E-state index contributed by atoms with van der Waals surface area (Å²) in [5, 5.41) is 3.46. The van der Waals surface area contributed by atoms with Gasteiger partial charge in [-0.25, -0.2) is 4.98 Å². The van der Waals surface area contributed by atoms with Gasteiger partial charge in [-0.05, 0) is 36.9 Å². The molecule has 2 aliphatic rings. The molecule has 0 bridgehead atoms. The molecule has 0 atom stereocenters. The van der Waals surface area contributed by atoms with Crippen molar-refractivity contribution in [2.45, 2.75) is 6.54 Å². The highest BCUT2D eigenvalue weighted by Gasteiger charge is 2.25. The number of guanidine groups is 1. The van der Waals surface area contributed by atoms with Gasteiger partial charge in [0.25, 0.3) is 5.91 Å². The molecule has 0 saturated carbocycles. The van der Waals surface area contributed by atoms with Crippen LogP contribution in [0.25, 0.3) is 0 Å².